The largest absolute Gasteiger partial charge is 0.444 e. The van der Waals surface area contributed by atoms with Crippen LogP contribution in [0.4, 0.5) is 18.0 Å². The Hall–Kier alpha value is -3.50. The summed E-state index contributed by atoms with van der Waals surface area (Å²) in [6.07, 6.45) is -0.103. The lowest BCUT2D eigenvalue weighted by atomic mass is 9.90. The number of halogens is 3. The standard InChI is InChI=1S/C24H26F3N5O3/c1-23(2,3)35-22(34)31-11-6-15(7-12-31)17-13-18-20(30-10-9-28-18)32(21(17)33)14-16-5-4-8-29-19(16)24(25,26)27/h4-5,8-10,13,15H,6-7,11-12,14H2,1-3H3. The van der Waals surface area contributed by atoms with E-state index in [1.165, 1.54) is 29.1 Å². The number of aromatic nitrogens is 4. The fourth-order valence-corrected chi connectivity index (χ4v) is 4.24. The molecule has 0 bridgehead atoms. The van der Waals surface area contributed by atoms with Crippen molar-refractivity contribution in [3.05, 3.63) is 64.0 Å². The van der Waals surface area contributed by atoms with Crippen LogP contribution in [0.3, 0.4) is 0 Å². The van der Waals surface area contributed by atoms with Crippen LogP contribution in [0.5, 0.6) is 0 Å². The van der Waals surface area contributed by atoms with E-state index in [0.717, 1.165) is 6.20 Å². The molecule has 3 aromatic rings. The van der Waals surface area contributed by atoms with Crippen LogP contribution in [0.25, 0.3) is 11.2 Å². The van der Waals surface area contributed by atoms with Crippen molar-refractivity contribution in [2.75, 3.05) is 13.1 Å². The van der Waals surface area contributed by atoms with E-state index in [-0.39, 0.29) is 23.7 Å². The van der Waals surface area contributed by atoms with Crippen molar-refractivity contribution in [3.8, 4) is 0 Å². The number of nitrogens with zero attached hydrogens (tertiary/aromatic N) is 5. The monoisotopic (exact) mass is 489 g/mol. The van der Waals surface area contributed by atoms with E-state index in [1.54, 1.807) is 31.7 Å². The van der Waals surface area contributed by atoms with Crippen molar-refractivity contribution < 1.29 is 22.7 Å². The van der Waals surface area contributed by atoms with Crippen LogP contribution in [0, 0.1) is 0 Å². The molecule has 0 radical (unpaired) electrons. The number of alkyl halides is 3. The third-order valence-electron chi connectivity index (χ3n) is 5.82. The summed E-state index contributed by atoms with van der Waals surface area (Å²) in [7, 11) is 0. The minimum Gasteiger partial charge on any atom is -0.444 e. The molecule has 0 unspecified atom stereocenters. The summed E-state index contributed by atoms with van der Waals surface area (Å²) in [5, 5.41) is 0. The molecule has 4 rings (SSSR count). The number of hydrogen-bond acceptors (Lipinski definition) is 6. The molecular weight excluding hydrogens is 463 g/mol. The fourth-order valence-electron chi connectivity index (χ4n) is 4.24. The van der Waals surface area contributed by atoms with E-state index in [0.29, 0.717) is 37.0 Å². The Morgan fingerprint density at radius 3 is 2.43 bits per heavy atom. The maximum absolute atomic E-state index is 13.5. The quantitative estimate of drug-likeness (QED) is 0.543. The van der Waals surface area contributed by atoms with Gasteiger partial charge in [-0.25, -0.2) is 9.78 Å². The second kappa shape index (κ2) is 9.27. The van der Waals surface area contributed by atoms with Gasteiger partial charge in [0.15, 0.2) is 5.65 Å². The molecule has 4 heterocycles. The average molecular weight is 489 g/mol. The van der Waals surface area contributed by atoms with Crippen molar-refractivity contribution in [3.63, 3.8) is 0 Å². The third-order valence-corrected chi connectivity index (χ3v) is 5.82. The van der Waals surface area contributed by atoms with Gasteiger partial charge >= 0.3 is 12.3 Å². The fraction of sp³-hybridized carbons (Fsp3) is 0.458. The van der Waals surface area contributed by atoms with Gasteiger partial charge in [-0.3, -0.25) is 19.3 Å². The number of ether oxygens (including phenoxy) is 1. The smallest absolute Gasteiger partial charge is 0.433 e. The van der Waals surface area contributed by atoms with E-state index in [9.17, 15) is 22.8 Å². The Kier molecular flexibility index (Phi) is 6.52. The molecule has 8 nitrogen and oxygen atoms in total. The Bertz CT molecular complexity index is 1290. The molecule has 0 aromatic carbocycles. The number of carbonyl (C=O) groups excluding carboxylic acids is 1. The molecule has 0 spiro atoms. The Labute approximate surface area is 199 Å². The number of carbonyl (C=O) groups is 1. The zero-order chi connectivity index (χ0) is 25.4. The van der Waals surface area contributed by atoms with Crippen molar-refractivity contribution in [2.24, 2.45) is 0 Å². The van der Waals surface area contributed by atoms with Crippen LogP contribution in [-0.2, 0) is 17.5 Å². The minimum absolute atomic E-state index is 0.133. The third kappa shape index (κ3) is 5.44. The van der Waals surface area contributed by atoms with Crippen molar-refractivity contribution in [1.82, 2.24) is 24.4 Å². The van der Waals surface area contributed by atoms with Crippen molar-refractivity contribution in [1.29, 1.82) is 0 Å². The van der Waals surface area contributed by atoms with E-state index in [1.807, 2.05) is 0 Å². The molecule has 0 saturated carbocycles. The van der Waals surface area contributed by atoms with Crippen LogP contribution >= 0.6 is 0 Å². The molecule has 0 aliphatic carbocycles. The van der Waals surface area contributed by atoms with E-state index >= 15 is 0 Å². The summed E-state index contributed by atoms with van der Waals surface area (Å²) in [4.78, 5) is 39.5. The number of likely N-dealkylation sites (tertiary alicyclic amines) is 1. The van der Waals surface area contributed by atoms with Crippen molar-refractivity contribution in [2.45, 2.75) is 57.9 Å². The summed E-state index contributed by atoms with van der Waals surface area (Å²) in [6, 6.07) is 4.36. The zero-order valence-corrected chi connectivity index (χ0v) is 19.7. The predicted octanol–water partition coefficient (Wildman–Crippen LogP) is 4.37. The average Bonchev–Trinajstić information content (AvgIpc) is 2.79. The summed E-state index contributed by atoms with van der Waals surface area (Å²) in [6.45, 7) is 5.84. The molecule has 1 aliphatic rings. The van der Waals surface area contributed by atoms with Gasteiger partial charge in [-0.1, -0.05) is 6.07 Å². The summed E-state index contributed by atoms with van der Waals surface area (Å²) >= 11 is 0. The molecule has 3 aromatic heterocycles. The van der Waals surface area contributed by atoms with E-state index < -0.39 is 29.1 Å². The molecule has 1 saturated heterocycles. The van der Waals surface area contributed by atoms with Gasteiger partial charge in [0.1, 0.15) is 16.8 Å². The summed E-state index contributed by atoms with van der Waals surface area (Å²) in [5.74, 6) is -0.185. The zero-order valence-electron chi connectivity index (χ0n) is 19.7. The van der Waals surface area contributed by atoms with E-state index in [2.05, 4.69) is 15.0 Å². The highest BCUT2D eigenvalue weighted by molar-refractivity contribution is 5.71. The van der Waals surface area contributed by atoms with Gasteiger partial charge in [0.05, 0.1) is 6.54 Å². The van der Waals surface area contributed by atoms with Gasteiger partial charge in [-0.15, -0.1) is 0 Å². The Balaban J connectivity index is 1.67. The molecule has 1 aliphatic heterocycles. The van der Waals surface area contributed by atoms with Gasteiger partial charge in [0, 0.05) is 42.8 Å². The molecule has 1 fully saturated rings. The lowest BCUT2D eigenvalue weighted by Crippen LogP contribution is -2.42. The van der Waals surface area contributed by atoms with Crippen LogP contribution in [0.2, 0.25) is 0 Å². The first kappa shape index (κ1) is 24.6. The van der Waals surface area contributed by atoms with Gasteiger partial charge in [0.25, 0.3) is 5.56 Å². The van der Waals surface area contributed by atoms with Crippen molar-refractivity contribution >= 4 is 17.3 Å². The maximum Gasteiger partial charge on any atom is 0.433 e. The van der Waals surface area contributed by atoms with Crippen LogP contribution in [-0.4, -0.2) is 49.2 Å². The predicted molar refractivity (Wildman–Crippen MR) is 122 cm³/mol. The summed E-state index contributed by atoms with van der Waals surface area (Å²) in [5.41, 5.74) is -1.16. The maximum atomic E-state index is 13.5. The topological polar surface area (TPSA) is 90.2 Å². The first-order valence-corrected chi connectivity index (χ1v) is 11.3. The van der Waals surface area contributed by atoms with Gasteiger partial charge in [-0.2, -0.15) is 13.2 Å². The molecule has 11 heteroatoms. The molecule has 186 valence electrons. The Morgan fingerprint density at radius 1 is 1.09 bits per heavy atom. The molecular formula is C24H26F3N5O3. The highest BCUT2D eigenvalue weighted by atomic mass is 19.4. The van der Waals surface area contributed by atoms with E-state index in [4.69, 9.17) is 4.74 Å². The summed E-state index contributed by atoms with van der Waals surface area (Å²) < 4.78 is 47.2. The normalized spacial score (nSPS) is 15.4. The molecule has 0 atom stereocenters. The van der Waals surface area contributed by atoms with Gasteiger partial charge in [0.2, 0.25) is 0 Å². The van der Waals surface area contributed by atoms with Gasteiger partial charge < -0.3 is 9.64 Å². The second-order valence-electron chi connectivity index (χ2n) is 9.51. The van der Waals surface area contributed by atoms with Gasteiger partial charge in [-0.05, 0) is 51.7 Å². The number of fused-ring (bicyclic) bond motifs is 1. The number of piperidine rings is 1. The van der Waals surface area contributed by atoms with Crippen LogP contribution in [0.1, 0.15) is 56.4 Å². The first-order chi connectivity index (χ1) is 16.4. The first-order valence-electron chi connectivity index (χ1n) is 11.3. The molecule has 0 N–H and O–H groups in total. The van der Waals surface area contributed by atoms with Crippen LogP contribution < -0.4 is 5.56 Å². The highest BCUT2D eigenvalue weighted by Gasteiger charge is 2.35. The molecule has 35 heavy (non-hydrogen) atoms. The minimum atomic E-state index is -4.66. The molecule has 1 amide bonds. The van der Waals surface area contributed by atoms with Crippen LogP contribution in [0.15, 0.2) is 41.6 Å². The SMILES string of the molecule is CC(C)(C)OC(=O)N1CCC(c2cc3nccnc3n(Cc3cccnc3C(F)(F)F)c2=O)CC1. The lowest BCUT2D eigenvalue weighted by Gasteiger charge is -2.33. The lowest BCUT2D eigenvalue weighted by molar-refractivity contribution is -0.141. The number of pyridine rings is 2. The Morgan fingerprint density at radius 2 is 1.77 bits per heavy atom. The number of amides is 1. The number of rotatable bonds is 3. The number of hydrogen-bond donors (Lipinski definition) is 0. The highest BCUT2D eigenvalue weighted by Crippen LogP contribution is 2.31. The second-order valence-corrected chi connectivity index (χ2v) is 9.51.